The molecule has 0 aliphatic carbocycles. The van der Waals surface area contributed by atoms with Crippen LogP contribution in [0.15, 0.2) is 78.9 Å². The van der Waals surface area contributed by atoms with Crippen molar-refractivity contribution in [1.82, 2.24) is 0 Å². The lowest BCUT2D eigenvalue weighted by atomic mass is 9.70. The van der Waals surface area contributed by atoms with Gasteiger partial charge in [0.2, 0.25) is 0 Å². The first kappa shape index (κ1) is 23.0. The van der Waals surface area contributed by atoms with Crippen LogP contribution < -0.4 is 0 Å². The molecule has 3 rings (SSSR count). The maximum Gasteiger partial charge on any atom is 0.147 e. The van der Waals surface area contributed by atoms with Crippen molar-refractivity contribution in [3.63, 3.8) is 0 Å². The summed E-state index contributed by atoms with van der Waals surface area (Å²) in [6.07, 6.45) is 5.13. The highest BCUT2D eigenvalue weighted by molar-refractivity contribution is 5.93. The Morgan fingerprint density at radius 1 is 0.806 bits per heavy atom. The molecular weight excluding hydrogens is 376 g/mol. The summed E-state index contributed by atoms with van der Waals surface area (Å²) in [5.74, 6) is 0.947. The SMILES string of the molecule is CCCC(CC)CCC(=O)[C@](C)(c1ccccc1)c1cccc(-c2cccc(C)c2)c1. The molecule has 3 aromatic carbocycles. The lowest BCUT2D eigenvalue weighted by Crippen LogP contribution is -2.34. The van der Waals surface area contributed by atoms with Crippen LogP contribution in [0, 0.1) is 12.8 Å². The summed E-state index contributed by atoms with van der Waals surface area (Å²) in [4.78, 5) is 13.8. The molecule has 3 aromatic rings. The molecule has 0 fully saturated rings. The van der Waals surface area contributed by atoms with Crippen LogP contribution in [0.1, 0.15) is 69.6 Å². The summed E-state index contributed by atoms with van der Waals surface area (Å²) in [7, 11) is 0. The summed E-state index contributed by atoms with van der Waals surface area (Å²) < 4.78 is 0. The Morgan fingerprint density at radius 3 is 2.10 bits per heavy atom. The fourth-order valence-corrected chi connectivity index (χ4v) is 4.64. The van der Waals surface area contributed by atoms with Crippen LogP contribution in [0.4, 0.5) is 0 Å². The molecule has 0 heterocycles. The smallest absolute Gasteiger partial charge is 0.147 e. The molecule has 0 saturated carbocycles. The van der Waals surface area contributed by atoms with Gasteiger partial charge in [-0.2, -0.15) is 0 Å². The predicted octanol–water partition coefficient (Wildman–Crippen LogP) is 8.14. The monoisotopic (exact) mass is 412 g/mol. The van der Waals surface area contributed by atoms with Gasteiger partial charge in [0.15, 0.2) is 0 Å². The number of ketones is 1. The molecule has 0 spiro atoms. The van der Waals surface area contributed by atoms with Crippen molar-refractivity contribution < 1.29 is 4.79 Å². The number of aryl methyl sites for hydroxylation is 1. The van der Waals surface area contributed by atoms with Crippen molar-refractivity contribution in [2.75, 3.05) is 0 Å². The highest BCUT2D eigenvalue weighted by Crippen LogP contribution is 2.37. The van der Waals surface area contributed by atoms with Crippen molar-refractivity contribution in [3.05, 3.63) is 95.6 Å². The summed E-state index contributed by atoms with van der Waals surface area (Å²) in [6.45, 7) is 8.70. The van der Waals surface area contributed by atoms with E-state index in [9.17, 15) is 4.79 Å². The molecule has 0 N–H and O–H groups in total. The van der Waals surface area contributed by atoms with E-state index in [-0.39, 0.29) is 0 Å². The molecule has 1 nitrogen and oxygen atoms in total. The van der Waals surface area contributed by atoms with Crippen LogP contribution in [0.25, 0.3) is 11.1 Å². The minimum Gasteiger partial charge on any atom is -0.298 e. The van der Waals surface area contributed by atoms with E-state index >= 15 is 0 Å². The van der Waals surface area contributed by atoms with Gasteiger partial charge in [-0.25, -0.2) is 0 Å². The van der Waals surface area contributed by atoms with E-state index in [1.807, 2.05) is 18.2 Å². The van der Waals surface area contributed by atoms with Gasteiger partial charge >= 0.3 is 0 Å². The van der Waals surface area contributed by atoms with E-state index in [1.165, 1.54) is 24.0 Å². The second-order valence-corrected chi connectivity index (χ2v) is 8.97. The average molecular weight is 413 g/mol. The van der Waals surface area contributed by atoms with Crippen molar-refractivity contribution in [1.29, 1.82) is 0 Å². The van der Waals surface area contributed by atoms with Gasteiger partial charge in [0, 0.05) is 6.42 Å². The quantitative estimate of drug-likeness (QED) is 0.328. The van der Waals surface area contributed by atoms with E-state index in [0.717, 1.165) is 29.5 Å². The normalized spacial score (nSPS) is 14.1. The molecule has 1 heteroatoms. The molecule has 2 atom stereocenters. The Morgan fingerprint density at radius 2 is 1.45 bits per heavy atom. The van der Waals surface area contributed by atoms with Crippen molar-refractivity contribution in [3.8, 4) is 11.1 Å². The first-order valence-corrected chi connectivity index (χ1v) is 11.8. The maximum absolute atomic E-state index is 13.8. The predicted molar refractivity (Wildman–Crippen MR) is 132 cm³/mol. The summed E-state index contributed by atoms with van der Waals surface area (Å²) in [5.41, 5.74) is 5.10. The topological polar surface area (TPSA) is 17.1 Å². The minimum atomic E-state index is -0.647. The van der Waals surface area contributed by atoms with Crippen LogP contribution >= 0.6 is 0 Å². The summed E-state index contributed by atoms with van der Waals surface area (Å²) in [6, 6.07) is 27.4. The molecule has 0 radical (unpaired) electrons. The van der Waals surface area contributed by atoms with Gasteiger partial charge in [-0.05, 0) is 54.5 Å². The number of carbonyl (C=O) groups excluding carboxylic acids is 1. The number of carbonyl (C=O) groups is 1. The third-order valence-corrected chi connectivity index (χ3v) is 6.75. The van der Waals surface area contributed by atoms with Crippen LogP contribution in [0.5, 0.6) is 0 Å². The number of Topliss-reactive ketones (excluding diaryl/α,β-unsaturated/α-hetero) is 1. The van der Waals surface area contributed by atoms with E-state index < -0.39 is 5.41 Å². The van der Waals surface area contributed by atoms with Crippen LogP contribution in [0.3, 0.4) is 0 Å². The summed E-state index contributed by atoms with van der Waals surface area (Å²) >= 11 is 0. The zero-order chi connectivity index (χ0) is 22.3. The molecule has 0 bridgehead atoms. The Balaban J connectivity index is 2.00. The molecule has 162 valence electrons. The fraction of sp³-hybridized carbons (Fsp3) is 0.367. The number of benzene rings is 3. The van der Waals surface area contributed by atoms with Crippen LogP contribution in [-0.2, 0) is 10.2 Å². The summed E-state index contributed by atoms with van der Waals surface area (Å²) in [5, 5.41) is 0. The molecule has 0 aliphatic rings. The fourth-order valence-electron chi connectivity index (χ4n) is 4.64. The van der Waals surface area contributed by atoms with Crippen molar-refractivity contribution in [2.45, 2.75) is 65.2 Å². The van der Waals surface area contributed by atoms with Gasteiger partial charge in [-0.3, -0.25) is 4.79 Å². The van der Waals surface area contributed by atoms with Gasteiger partial charge in [0.1, 0.15) is 5.78 Å². The zero-order valence-corrected chi connectivity index (χ0v) is 19.5. The van der Waals surface area contributed by atoms with Gasteiger partial charge in [0.25, 0.3) is 0 Å². The average Bonchev–Trinajstić information content (AvgIpc) is 2.81. The Labute approximate surface area is 188 Å². The first-order valence-electron chi connectivity index (χ1n) is 11.8. The second-order valence-electron chi connectivity index (χ2n) is 8.97. The number of rotatable bonds is 10. The second kappa shape index (κ2) is 10.6. The molecule has 0 aromatic heterocycles. The third-order valence-electron chi connectivity index (χ3n) is 6.75. The number of hydrogen-bond acceptors (Lipinski definition) is 1. The van der Waals surface area contributed by atoms with Gasteiger partial charge in [-0.1, -0.05) is 111 Å². The molecule has 1 unspecified atom stereocenters. The van der Waals surface area contributed by atoms with E-state index in [2.05, 4.69) is 88.4 Å². The molecule has 0 amide bonds. The Hall–Kier alpha value is -2.67. The van der Waals surface area contributed by atoms with Crippen LogP contribution in [-0.4, -0.2) is 5.78 Å². The van der Waals surface area contributed by atoms with Crippen molar-refractivity contribution in [2.24, 2.45) is 5.92 Å². The highest BCUT2D eigenvalue weighted by atomic mass is 16.1. The zero-order valence-electron chi connectivity index (χ0n) is 19.5. The van der Waals surface area contributed by atoms with E-state index in [1.54, 1.807) is 0 Å². The highest BCUT2D eigenvalue weighted by Gasteiger charge is 2.36. The van der Waals surface area contributed by atoms with E-state index in [0.29, 0.717) is 18.1 Å². The molecule has 0 aliphatic heterocycles. The molecule has 31 heavy (non-hydrogen) atoms. The van der Waals surface area contributed by atoms with Gasteiger partial charge < -0.3 is 0 Å². The van der Waals surface area contributed by atoms with Gasteiger partial charge in [0.05, 0.1) is 5.41 Å². The standard InChI is InChI=1S/C30H36O/c1-5-12-24(6-2)19-20-29(31)30(4,27-16-8-7-9-17-27)28-18-11-15-26(22-28)25-14-10-13-23(3)21-25/h7-11,13-18,21-22,24H,5-6,12,19-20H2,1-4H3/t24?,30-/m1/s1. The first-order chi connectivity index (χ1) is 15.0. The molecule has 0 saturated heterocycles. The van der Waals surface area contributed by atoms with Crippen molar-refractivity contribution >= 4 is 5.78 Å². The number of hydrogen-bond donors (Lipinski definition) is 0. The minimum absolute atomic E-state index is 0.314. The third kappa shape index (κ3) is 5.34. The van der Waals surface area contributed by atoms with E-state index in [4.69, 9.17) is 0 Å². The maximum atomic E-state index is 13.8. The Bertz CT molecular complexity index is 988. The lowest BCUT2D eigenvalue weighted by Gasteiger charge is -2.31. The van der Waals surface area contributed by atoms with Crippen LogP contribution in [0.2, 0.25) is 0 Å². The lowest BCUT2D eigenvalue weighted by molar-refractivity contribution is -0.123. The largest absolute Gasteiger partial charge is 0.298 e. The Kier molecular flexibility index (Phi) is 7.85. The van der Waals surface area contributed by atoms with Gasteiger partial charge in [-0.15, -0.1) is 0 Å². The molecular formula is C30H36O.